The van der Waals surface area contributed by atoms with Gasteiger partial charge in [0.2, 0.25) is 15.9 Å². The molecule has 2 aromatic rings. The topological polar surface area (TPSA) is 84.5 Å². The molecule has 0 spiro atoms. The van der Waals surface area contributed by atoms with Crippen molar-refractivity contribution in [2.75, 3.05) is 26.0 Å². The number of hydrogen-bond donors (Lipinski definition) is 2. The van der Waals surface area contributed by atoms with Crippen LogP contribution in [0, 0.1) is 0 Å². The number of amides is 1. The van der Waals surface area contributed by atoms with E-state index in [9.17, 15) is 13.2 Å². The molecule has 8 heteroatoms. The summed E-state index contributed by atoms with van der Waals surface area (Å²) in [5.74, 6) is 1.15. The number of carbonyl (C=O) groups excluding carboxylic acids is 1. The van der Waals surface area contributed by atoms with E-state index in [0.717, 1.165) is 10.6 Å². The third kappa shape index (κ3) is 6.70. The molecular weight excluding hydrogens is 372 g/mol. The maximum atomic E-state index is 12.1. The van der Waals surface area contributed by atoms with Gasteiger partial charge in [-0.3, -0.25) is 4.79 Å². The molecule has 0 fully saturated rings. The third-order valence-corrected chi connectivity index (χ3v) is 5.94. The highest BCUT2D eigenvalue weighted by molar-refractivity contribution is 7.99. The van der Waals surface area contributed by atoms with Crippen molar-refractivity contribution in [1.82, 2.24) is 10.0 Å². The van der Waals surface area contributed by atoms with Gasteiger partial charge in [0, 0.05) is 30.2 Å². The van der Waals surface area contributed by atoms with Crippen molar-refractivity contribution in [1.29, 1.82) is 0 Å². The molecule has 1 amide bonds. The van der Waals surface area contributed by atoms with E-state index in [1.54, 1.807) is 23.9 Å². The molecule has 2 aromatic carbocycles. The van der Waals surface area contributed by atoms with E-state index < -0.39 is 10.0 Å². The number of carbonyl (C=O) groups is 1. The zero-order valence-electron chi connectivity index (χ0n) is 14.5. The smallest absolute Gasteiger partial charge is 0.240 e. The zero-order chi connectivity index (χ0) is 18.8. The van der Waals surface area contributed by atoms with Crippen LogP contribution in [-0.2, 0) is 14.8 Å². The van der Waals surface area contributed by atoms with Gasteiger partial charge in [0.05, 0.1) is 12.0 Å². The summed E-state index contributed by atoms with van der Waals surface area (Å²) in [5.41, 5.74) is 0. The molecular formula is C18H22N2O4S2. The molecule has 0 saturated heterocycles. The Kier molecular flexibility index (Phi) is 7.96. The van der Waals surface area contributed by atoms with Crippen LogP contribution in [0.5, 0.6) is 5.75 Å². The van der Waals surface area contributed by atoms with E-state index in [-0.39, 0.29) is 23.8 Å². The van der Waals surface area contributed by atoms with Crippen molar-refractivity contribution < 1.29 is 17.9 Å². The van der Waals surface area contributed by atoms with Crippen molar-refractivity contribution in [3.8, 4) is 5.75 Å². The molecule has 0 aliphatic rings. The summed E-state index contributed by atoms with van der Waals surface area (Å²) < 4.78 is 31.7. The second-order valence-electron chi connectivity index (χ2n) is 5.33. The molecule has 0 aliphatic heterocycles. The van der Waals surface area contributed by atoms with Gasteiger partial charge < -0.3 is 10.1 Å². The molecule has 0 aliphatic carbocycles. The first kappa shape index (κ1) is 20.3. The summed E-state index contributed by atoms with van der Waals surface area (Å²) in [5, 5.41) is 2.78. The average molecular weight is 395 g/mol. The van der Waals surface area contributed by atoms with Gasteiger partial charge in [-0.2, -0.15) is 0 Å². The standard InChI is InChI=1S/C18H22N2O4S2/c1-24-15-7-9-17(10-8-15)26(22,23)20-12-11-18(21)19-13-14-25-16-5-3-2-4-6-16/h2-10,20H,11-14H2,1H3,(H,19,21). The minimum atomic E-state index is -3.63. The summed E-state index contributed by atoms with van der Waals surface area (Å²) >= 11 is 1.65. The molecule has 6 nitrogen and oxygen atoms in total. The summed E-state index contributed by atoms with van der Waals surface area (Å²) in [6.45, 7) is 0.579. The quantitative estimate of drug-likeness (QED) is 0.477. The minimum absolute atomic E-state index is 0.0476. The predicted molar refractivity (Wildman–Crippen MR) is 103 cm³/mol. The Morgan fingerprint density at radius 2 is 1.73 bits per heavy atom. The van der Waals surface area contributed by atoms with E-state index in [4.69, 9.17) is 4.74 Å². The first-order chi connectivity index (χ1) is 12.5. The minimum Gasteiger partial charge on any atom is -0.497 e. The van der Waals surface area contributed by atoms with Crippen LogP contribution < -0.4 is 14.8 Å². The molecule has 0 unspecified atom stereocenters. The van der Waals surface area contributed by atoms with Gasteiger partial charge in [0.15, 0.2) is 0 Å². The molecule has 2 rings (SSSR count). The summed E-state index contributed by atoms with van der Waals surface area (Å²) in [7, 11) is -2.12. The Balaban J connectivity index is 1.66. The van der Waals surface area contributed by atoms with Crippen molar-refractivity contribution in [3.05, 3.63) is 54.6 Å². The number of rotatable bonds is 10. The number of ether oxygens (including phenoxy) is 1. The Labute approximate surface area is 158 Å². The summed E-state index contributed by atoms with van der Waals surface area (Å²) in [4.78, 5) is 13.1. The molecule has 0 aromatic heterocycles. The molecule has 140 valence electrons. The number of benzene rings is 2. The van der Waals surface area contributed by atoms with Crippen molar-refractivity contribution >= 4 is 27.7 Å². The Morgan fingerprint density at radius 3 is 2.38 bits per heavy atom. The number of sulfonamides is 1. The highest BCUT2D eigenvalue weighted by Crippen LogP contribution is 2.16. The Morgan fingerprint density at radius 1 is 1.04 bits per heavy atom. The molecule has 0 radical (unpaired) electrons. The highest BCUT2D eigenvalue weighted by Gasteiger charge is 2.14. The van der Waals surface area contributed by atoms with Crippen LogP contribution in [0.2, 0.25) is 0 Å². The van der Waals surface area contributed by atoms with E-state index in [1.165, 1.54) is 19.2 Å². The number of thioether (sulfide) groups is 1. The van der Waals surface area contributed by atoms with E-state index in [0.29, 0.717) is 12.3 Å². The summed E-state index contributed by atoms with van der Waals surface area (Å²) in [6, 6.07) is 16.0. The summed E-state index contributed by atoms with van der Waals surface area (Å²) in [6.07, 6.45) is 0.0887. The van der Waals surface area contributed by atoms with Gasteiger partial charge in [-0.1, -0.05) is 18.2 Å². The highest BCUT2D eigenvalue weighted by atomic mass is 32.2. The van der Waals surface area contributed by atoms with Gasteiger partial charge in [0.1, 0.15) is 5.75 Å². The fraction of sp³-hybridized carbons (Fsp3) is 0.278. The lowest BCUT2D eigenvalue weighted by Gasteiger charge is -2.08. The van der Waals surface area contributed by atoms with E-state index >= 15 is 0 Å². The number of methoxy groups -OCH3 is 1. The fourth-order valence-corrected chi connectivity index (χ4v) is 3.92. The molecule has 0 bridgehead atoms. The van der Waals surface area contributed by atoms with Crippen LogP contribution in [0.15, 0.2) is 64.4 Å². The van der Waals surface area contributed by atoms with Crippen LogP contribution in [0.4, 0.5) is 0 Å². The molecule has 26 heavy (non-hydrogen) atoms. The maximum absolute atomic E-state index is 12.1. The number of nitrogens with one attached hydrogen (secondary N) is 2. The van der Waals surface area contributed by atoms with Gasteiger partial charge in [-0.25, -0.2) is 13.1 Å². The van der Waals surface area contributed by atoms with Crippen LogP contribution in [0.25, 0.3) is 0 Å². The SMILES string of the molecule is COc1ccc(S(=O)(=O)NCCC(=O)NCCSc2ccccc2)cc1. The van der Waals surface area contributed by atoms with Crippen LogP contribution in [-0.4, -0.2) is 40.3 Å². The number of hydrogen-bond acceptors (Lipinski definition) is 5. The van der Waals surface area contributed by atoms with Crippen LogP contribution in [0.1, 0.15) is 6.42 Å². The first-order valence-corrected chi connectivity index (χ1v) is 10.6. The molecule has 0 saturated carbocycles. The Bertz CT molecular complexity index is 794. The van der Waals surface area contributed by atoms with Gasteiger partial charge in [0.25, 0.3) is 0 Å². The average Bonchev–Trinajstić information content (AvgIpc) is 2.66. The maximum Gasteiger partial charge on any atom is 0.240 e. The third-order valence-electron chi connectivity index (χ3n) is 3.45. The second-order valence-corrected chi connectivity index (χ2v) is 8.27. The zero-order valence-corrected chi connectivity index (χ0v) is 16.1. The van der Waals surface area contributed by atoms with Crippen molar-refractivity contribution in [3.63, 3.8) is 0 Å². The predicted octanol–water partition coefficient (Wildman–Crippen LogP) is 2.27. The first-order valence-electron chi connectivity index (χ1n) is 8.09. The van der Waals surface area contributed by atoms with E-state index in [1.807, 2.05) is 30.3 Å². The molecule has 2 N–H and O–H groups in total. The lowest BCUT2D eigenvalue weighted by molar-refractivity contribution is -0.120. The second kappa shape index (κ2) is 10.2. The lowest BCUT2D eigenvalue weighted by atomic mass is 10.3. The molecule has 0 heterocycles. The van der Waals surface area contributed by atoms with Crippen LogP contribution >= 0.6 is 11.8 Å². The van der Waals surface area contributed by atoms with Crippen molar-refractivity contribution in [2.45, 2.75) is 16.2 Å². The van der Waals surface area contributed by atoms with Gasteiger partial charge in [-0.15, -0.1) is 11.8 Å². The molecule has 0 atom stereocenters. The van der Waals surface area contributed by atoms with E-state index in [2.05, 4.69) is 10.0 Å². The van der Waals surface area contributed by atoms with Gasteiger partial charge in [-0.05, 0) is 36.4 Å². The fourth-order valence-electron chi connectivity index (χ4n) is 2.10. The Hall–Kier alpha value is -2.03. The lowest BCUT2D eigenvalue weighted by Crippen LogP contribution is -2.31. The largest absolute Gasteiger partial charge is 0.497 e. The van der Waals surface area contributed by atoms with Crippen molar-refractivity contribution in [2.24, 2.45) is 0 Å². The van der Waals surface area contributed by atoms with Gasteiger partial charge >= 0.3 is 0 Å². The van der Waals surface area contributed by atoms with Crippen LogP contribution in [0.3, 0.4) is 0 Å². The monoisotopic (exact) mass is 394 g/mol. The normalized spacial score (nSPS) is 11.1.